The Kier molecular flexibility index (Phi) is 3.99. The van der Waals surface area contributed by atoms with E-state index in [2.05, 4.69) is 10.5 Å². The van der Waals surface area contributed by atoms with Crippen molar-refractivity contribution >= 4 is 17.5 Å². The molecule has 0 aliphatic carbocycles. The lowest BCUT2D eigenvalue weighted by molar-refractivity contribution is 0.0954. The molecule has 1 heterocycles. The quantitative estimate of drug-likeness (QED) is 0.924. The van der Waals surface area contributed by atoms with Gasteiger partial charge in [0.25, 0.3) is 5.91 Å². The molecule has 0 spiro atoms. The largest absolute Gasteiger partial charge is 0.361 e. The lowest BCUT2D eigenvalue weighted by Crippen LogP contribution is -2.26. The number of hydrogen-bond acceptors (Lipinski definition) is 3. The molecular weight excluding hydrogens is 252 g/mol. The van der Waals surface area contributed by atoms with Crippen LogP contribution in [0.1, 0.15) is 21.8 Å². The minimum absolute atomic E-state index is 0.180. The van der Waals surface area contributed by atoms with Crippen LogP contribution in [0, 0.1) is 6.92 Å². The van der Waals surface area contributed by atoms with Gasteiger partial charge in [0.1, 0.15) is 5.76 Å². The summed E-state index contributed by atoms with van der Waals surface area (Å²) in [6, 6.07) is 8.80. The molecule has 0 saturated heterocycles. The molecule has 1 aromatic carbocycles. The molecular formula is C13H13ClN2O2. The molecule has 0 radical (unpaired) electrons. The highest BCUT2D eigenvalue weighted by atomic mass is 35.5. The van der Waals surface area contributed by atoms with Crippen LogP contribution in [-0.2, 0) is 6.42 Å². The fourth-order valence-corrected chi connectivity index (χ4v) is 1.80. The van der Waals surface area contributed by atoms with E-state index >= 15 is 0 Å². The van der Waals surface area contributed by atoms with Crippen molar-refractivity contribution in [2.24, 2.45) is 0 Å². The molecule has 1 N–H and O–H groups in total. The van der Waals surface area contributed by atoms with Gasteiger partial charge in [-0.1, -0.05) is 28.9 Å². The Morgan fingerprint density at radius 3 is 2.89 bits per heavy atom. The summed E-state index contributed by atoms with van der Waals surface area (Å²) in [5.74, 6) is 0.586. The number of aryl methyl sites for hydroxylation is 1. The molecule has 0 bridgehead atoms. The lowest BCUT2D eigenvalue weighted by atomic mass is 10.2. The van der Waals surface area contributed by atoms with Gasteiger partial charge in [-0.3, -0.25) is 4.79 Å². The lowest BCUT2D eigenvalue weighted by Gasteiger charge is -2.05. The maximum Gasteiger partial charge on any atom is 0.252 e. The van der Waals surface area contributed by atoms with E-state index in [0.717, 1.165) is 11.5 Å². The van der Waals surface area contributed by atoms with Crippen LogP contribution in [0.5, 0.6) is 0 Å². The highest BCUT2D eigenvalue weighted by molar-refractivity contribution is 6.33. The van der Waals surface area contributed by atoms with E-state index in [9.17, 15) is 4.79 Å². The van der Waals surface area contributed by atoms with E-state index in [1.54, 1.807) is 24.3 Å². The zero-order valence-electron chi connectivity index (χ0n) is 9.94. The summed E-state index contributed by atoms with van der Waals surface area (Å²) in [5.41, 5.74) is 1.31. The van der Waals surface area contributed by atoms with Crippen LogP contribution in [-0.4, -0.2) is 17.6 Å². The Balaban J connectivity index is 1.87. The number of carbonyl (C=O) groups excluding carboxylic acids is 1. The van der Waals surface area contributed by atoms with Gasteiger partial charge >= 0.3 is 0 Å². The highest BCUT2D eigenvalue weighted by Gasteiger charge is 2.09. The number of carbonyl (C=O) groups is 1. The topological polar surface area (TPSA) is 55.1 Å². The second-order valence-electron chi connectivity index (χ2n) is 3.91. The summed E-state index contributed by atoms with van der Waals surface area (Å²) in [5, 5.41) is 7.09. The van der Waals surface area contributed by atoms with Gasteiger partial charge < -0.3 is 9.84 Å². The Labute approximate surface area is 110 Å². The number of aromatic nitrogens is 1. The summed E-state index contributed by atoms with van der Waals surface area (Å²) in [4.78, 5) is 11.8. The zero-order chi connectivity index (χ0) is 13.0. The van der Waals surface area contributed by atoms with Crippen molar-refractivity contribution < 1.29 is 9.32 Å². The maximum atomic E-state index is 11.8. The third kappa shape index (κ3) is 3.11. The van der Waals surface area contributed by atoms with Crippen molar-refractivity contribution in [3.8, 4) is 0 Å². The molecule has 0 aliphatic rings. The molecule has 0 fully saturated rings. The van der Waals surface area contributed by atoms with E-state index in [-0.39, 0.29) is 5.91 Å². The number of hydrogen-bond donors (Lipinski definition) is 1. The van der Waals surface area contributed by atoms with Gasteiger partial charge in [0.15, 0.2) is 0 Å². The standard InChI is InChI=1S/C13H13ClN2O2/c1-9-8-10(16-18-9)6-7-15-13(17)11-4-2-3-5-12(11)14/h2-5,8H,6-7H2,1H3,(H,15,17). The van der Waals surface area contributed by atoms with Gasteiger partial charge in [-0.15, -0.1) is 0 Å². The fourth-order valence-electron chi connectivity index (χ4n) is 1.58. The molecule has 0 unspecified atom stereocenters. The van der Waals surface area contributed by atoms with Crippen molar-refractivity contribution in [2.45, 2.75) is 13.3 Å². The van der Waals surface area contributed by atoms with Crippen LogP contribution in [0.25, 0.3) is 0 Å². The van der Waals surface area contributed by atoms with E-state index in [1.165, 1.54) is 0 Å². The Hall–Kier alpha value is -1.81. The molecule has 5 heteroatoms. The number of benzene rings is 1. The van der Waals surface area contributed by atoms with Gasteiger partial charge in [0, 0.05) is 19.0 Å². The van der Waals surface area contributed by atoms with Crippen LogP contribution >= 0.6 is 11.6 Å². The van der Waals surface area contributed by atoms with Crippen molar-refractivity contribution in [1.29, 1.82) is 0 Å². The first kappa shape index (κ1) is 12.6. The molecule has 0 atom stereocenters. The second-order valence-corrected chi connectivity index (χ2v) is 4.32. The predicted molar refractivity (Wildman–Crippen MR) is 68.7 cm³/mol. The van der Waals surface area contributed by atoms with Crippen LogP contribution < -0.4 is 5.32 Å². The van der Waals surface area contributed by atoms with Gasteiger partial charge in [0.05, 0.1) is 16.3 Å². The smallest absolute Gasteiger partial charge is 0.252 e. The molecule has 4 nitrogen and oxygen atoms in total. The number of rotatable bonds is 4. The summed E-state index contributed by atoms with van der Waals surface area (Å²) in [6.07, 6.45) is 0.632. The summed E-state index contributed by atoms with van der Waals surface area (Å²) >= 11 is 5.93. The molecule has 0 aliphatic heterocycles. The Morgan fingerprint density at radius 2 is 2.22 bits per heavy atom. The highest BCUT2D eigenvalue weighted by Crippen LogP contribution is 2.14. The third-order valence-corrected chi connectivity index (χ3v) is 2.79. The molecule has 18 heavy (non-hydrogen) atoms. The fraction of sp³-hybridized carbons (Fsp3) is 0.231. The Bertz CT molecular complexity index is 551. The third-order valence-electron chi connectivity index (χ3n) is 2.46. The van der Waals surface area contributed by atoms with Crippen molar-refractivity contribution in [1.82, 2.24) is 10.5 Å². The van der Waals surface area contributed by atoms with Crippen molar-refractivity contribution in [3.05, 3.63) is 52.4 Å². The van der Waals surface area contributed by atoms with Crippen LogP contribution in [0.15, 0.2) is 34.9 Å². The Morgan fingerprint density at radius 1 is 1.44 bits per heavy atom. The average molecular weight is 265 g/mol. The molecule has 1 aromatic heterocycles. The van der Waals surface area contributed by atoms with E-state index in [1.807, 2.05) is 13.0 Å². The number of nitrogens with zero attached hydrogens (tertiary/aromatic N) is 1. The average Bonchev–Trinajstić information content (AvgIpc) is 2.75. The first-order valence-electron chi connectivity index (χ1n) is 5.62. The summed E-state index contributed by atoms with van der Waals surface area (Å²) < 4.78 is 4.94. The monoisotopic (exact) mass is 264 g/mol. The minimum atomic E-state index is -0.180. The number of nitrogens with one attached hydrogen (secondary N) is 1. The summed E-state index contributed by atoms with van der Waals surface area (Å²) in [6.45, 7) is 2.33. The normalized spacial score (nSPS) is 10.3. The van der Waals surface area contributed by atoms with Gasteiger partial charge in [-0.25, -0.2) is 0 Å². The van der Waals surface area contributed by atoms with Gasteiger partial charge in [-0.2, -0.15) is 0 Å². The summed E-state index contributed by atoms with van der Waals surface area (Å²) in [7, 11) is 0. The van der Waals surface area contributed by atoms with Crippen LogP contribution in [0.3, 0.4) is 0 Å². The van der Waals surface area contributed by atoms with Crippen molar-refractivity contribution in [3.63, 3.8) is 0 Å². The first-order valence-corrected chi connectivity index (χ1v) is 5.99. The van der Waals surface area contributed by atoms with Gasteiger partial charge in [0.2, 0.25) is 0 Å². The van der Waals surface area contributed by atoms with E-state index < -0.39 is 0 Å². The number of halogens is 1. The van der Waals surface area contributed by atoms with Gasteiger partial charge in [-0.05, 0) is 19.1 Å². The number of amides is 1. The first-order chi connectivity index (χ1) is 8.66. The molecule has 0 saturated carbocycles. The SMILES string of the molecule is Cc1cc(CCNC(=O)c2ccccc2Cl)no1. The minimum Gasteiger partial charge on any atom is -0.361 e. The molecule has 94 valence electrons. The molecule has 1 amide bonds. The molecule has 2 rings (SSSR count). The molecule has 2 aromatic rings. The zero-order valence-corrected chi connectivity index (χ0v) is 10.7. The predicted octanol–water partition coefficient (Wildman–Crippen LogP) is 2.61. The van der Waals surface area contributed by atoms with Crippen LogP contribution in [0.4, 0.5) is 0 Å². The maximum absolute atomic E-state index is 11.8. The van der Waals surface area contributed by atoms with E-state index in [0.29, 0.717) is 23.6 Å². The van der Waals surface area contributed by atoms with Crippen LogP contribution in [0.2, 0.25) is 5.02 Å². The van der Waals surface area contributed by atoms with E-state index in [4.69, 9.17) is 16.1 Å². The van der Waals surface area contributed by atoms with Crippen molar-refractivity contribution in [2.75, 3.05) is 6.54 Å². The second kappa shape index (κ2) is 5.69.